The van der Waals surface area contributed by atoms with Gasteiger partial charge in [0.2, 0.25) is 11.8 Å². The zero-order valence-corrected chi connectivity index (χ0v) is 15.5. The quantitative estimate of drug-likeness (QED) is 0.759. The summed E-state index contributed by atoms with van der Waals surface area (Å²) in [5, 5.41) is 5.69. The molecule has 4 rings (SSSR count). The molecule has 3 aliphatic rings. The molecule has 3 atom stereocenters. The Morgan fingerprint density at radius 1 is 1.07 bits per heavy atom. The van der Waals surface area contributed by atoms with Gasteiger partial charge in [-0.25, -0.2) is 8.78 Å². The van der Waals surface area contributed by atoms with Gasteiger partial charge in [0.05, 0.1) is 6.04 Å². The molecule has 0 aliphatic carbocycles. The Morgan fingerprint density at radius 2 is 1.74 bits per heavy atom. The number of amides is 2. The third kappa shape index (κ3) is 3.10. The Balaban J connectivity index is 1.69. The van der Waals surface area contributed by atoms with Gasteiger partial charge in [-0.3, -0.25) is 19.8 Å². The Kier molecular flexibility index (Phi) is 4.63. The largest absolute Gasteiger partial charge is 0.363 e. The van der Waals surface area contributed by atoms with Gasteiger partial charge in [0.1, 0.15) is 0 Å². The van der Waals surface area contributed by atoms with Gasteiger partial charge in [0.15, 0.2) is 11.6 Å². The molecule has 1 aromatic rings. The van der Waals surface area contributed by atoms with E-state index in [1.165, 1.54) is 6.07 Å². The third-order valence-corrected chi connectivity index (χ3v) is 5.89. The molecule has 27 heavy (non-hydrogen) atoms. The number of nitrogens with one attached hydrogen (secondary N) is 2. The summed E-state index contributed by atoms with van der Waals surface area (Å²) in [6, 6.07) is 1.09. The van der Waals surface area contributed by atoms with E-state index < -0.39 is 17.7 Å². The van der Waals surface area contributed by atoms with Crippen LogP contribution in [0.2, 0.25) is 0 Å². The maximum atomic E-state index is 14.6. The fraction of sp³-hybridized carbons (Fsp3) is 0.579. The van der Waals surface area contributed by atoms with E-state index in [1.807, 2.05) is 4.90 Å². The summed E-state index contributed by atoms with van der Waals surface area (Å²) in [4.78, 5) is 27.6. The van der Waals surface area contributed by atoms with Crippen LogP contribution >= 0.6 is 0 Å². The van der Waals surface area contributed by atoms with Crippen molar-refractivity contribution in [2.45, 2.75) is 57.9 Å². The number of piperidine rings is 1. The molecule has 2 saturated heterocycles. The van der Waals surface area contributed by atoms with Crippen molar-refractivity contribution in [2.75, 3.05) is 18.0 Å². The lowest BCUT2D eigenvalue weighted by Crippen LogP contribution is -2.55. The van der Waals surface area contributed by atoms with Crippen LogP contribution < -0.4 is 15.5 Å². The van der Waals surface area contributed by atoms with Crippen LogP contribution in [0.1, 0.15) is 37.8 Å². The van der Waals surface area contributed by atoms with E-state index in [0.717, 1.165) is 18.7 Å². The van der Waals surface area contributed by atoms with Crippen LogP contribution in [0.5, 0.6) is 0 Å². The highest BCUT2D eigenvalue weighted by Gasteiger charge is 2.39. The van der Waals surface area contributed by atoms with Crippen LogP contribution in [0.3, 0.4) is 0 Å². The second-order valence-electron chi connectivity index (χ2n) is 7.78. The van der Waals surface area contributed by atoms with E-state index >= 15 is 0 Å². The van der Waals surface area contributed by atoms with Crippen molar-refractivity contribution in [2.24, 2.45) is 0 Å². The molecule has 0 bridgehead atoms. The summed E-state index contributed by atoms with van der Waals surface area (Å²) >= 11 is 0. The van der Waals surface area contributed by atoms with E-state index in [-0.39, 0.29) is 36.9 Å². The van der Waals surface area contributed by atoms with Crippen molar-refractivity contribution >= 4 is 17.5 Å². The fourth-order valence-corrected chi connectivity index (χ4v) is 4.59. The van der Waals surface area contributed by atoms with Gasteiger partial charge in [0, 0.05) is 62.0 Å². The average molecular weight is 378 g/mol. The van der Waals surface area contributed by atoms with Gasteiger partial charge in [-0.2, -0.15) is 0 Å². The molecule has 3 unspecified atom stereocenters. The number of carbonyl (C=O) groups is 2. The smallest absolute Gasteiger partial charge is 0.243 e. The highest BCUT2D eigenvalue weighted by atomic mass is 19.2. The number of carbonyl (C=O) groups excluding carboxylic acids is 2. The number of rotatable bonds is 2. The summed E-state index contributed by atoms with van der Waals surface area (Å²) in [6.45, 7) is 6.21. The number of fused-ring (bicyclic) bond motifs is 1. The van der Waals surface area contributed by atoms with Crippen LogP contribution in [-0.4, -0.2) is 47.9 Å². The van der Waals surface area contributed by atoms with Crippen molar-refractivity contribution in [3.63, 3.8) is 0 Å². The Bertz CT molecular complexity index is 790. The van der Waals surface area contributed by atoms with Crippen LogP contribution in [0.15, 0.2) is 6.07 Å². The summed E-state index contributed by atoms with van der Waals surface area (Å²) in [7, 11) is 0. The SMILES string of the molecule is CC1CNCC(C)N1c1cc(F)c(F)c2c1CN(C1CCC(=O)NC1=O)C2. The molecular weight excluding hydrogens is 354 g/mol. The summed E-state index contributed by atoms with van der Waals surface area (Å²) in [6.07, 6.45) is 0.664. The van der Waals surface area contributed by atoms with Crippen molar-refractivity contribution in [1.29, 1.82) is 0 Å². The first-order valence-corrected chi connectivity index (χ1v) is 9.43. The number of benzene rings is 1. The molecule has 146 valence electrons. The number of imide groups is 1. The minimum atomic E-state index is -0.855. The molecule has 2 fully saturated rings. The third-order valence-electron chi connectivity index (χ3n) is 5.89. The number of piperazine rings is 1. The highest BCUT2D eigenvalue weighted by Crippen LogP contribution is 2.38. The van der Waals surface area contributed by atoms with Crippen LogP contribution in [-0.2, 0) is 22.7 Å². The first-order chi connectivity index (χ1) is 12.9. The predicted molar refractivity (Wildman–Crippen MR) is 96.0 cm³/mol. The zero-order valence-electron chi connectivity index (χ0n) is 15.5. The Hall–Kier alpha value is -2.06. The molecule has 0 saturated carbocycles. The van der Waals surface area contributed by atoms with Crippen LogP contribution in [0.4, 0.5) is 14.5 Å². The van der Waals surface area contributed by atoms with E-state index in [9.17, 15) is 18.4 Å². The molecule has 0 aromatic heterocycles. The molecule has 0 radical (unpaired) electrons. The highest BCUT2D eigenvalue weighted by molar-refractivity contribution is 6.00. The van der Waals surface area contributed by atoms with Gasteiger partial charge in [-0.1, -0.05) is 0 Å². The Morgan fingerprint density at radius 3 is 2.41 bits per heavy atom. The molecule has 3 heterocycles. The molecule has 1 aromatic carbocycles. The van der Waals surface area contributed by atoms with Gasteiger partial charge in [-0.05, 0) is 25.8 Å². The number of hydrogen-bond donors (Lipinski definition) is 2. The lowest BCUT2D eigenvalue weighted by Gasteiger charge is -2.42. The number of nitrogens with zero attached hydrogens (tertiary/aromatic N) is 2. The molecular formula is C19H24F2N4O2. The minimum absolute atomic E-state index is 0.146. The normalized spacial score (nSPS) is 29.0. The first kappa shape index (κ1) is 18.3. The number of halogens is 2. The maximum Gasteiger partial charge on any atom is 0.243 e. The lowest BCUT2D eigenvalue weighted by molar-refractivity contribution is -0.137. The van der Waals surface area contributed by atoms with Crippen molar-refractivity contribution < 1.29 is 18.4 Å². The van der Waals surface area contributed by atoms with Gasteiger partial charge < -0.3 is 10.2 Å². The molecule has 6 nitrogen and oxygen atoms in total. The van der Waals surface area contributed by atoms with Gasteiger partial charge in [0.25, 0.3) is 0 Å². The summed E-state index contributed by atoms with van der Waals surface area (Å²) in [5.74, 6) is -2.33. The maximum absolute atomic E-state index is 14.6. The Labute approximate surface area is 156 Å². The predicted octanol–water partition coefficient (Wildman–Crippen LogP) is 1.27. The van der Waals surface area contributed by atoms with E-state index in [0.29, 0.717) is 24.2 Å². The van der Waals surface area contributed by atoms with E-state index in [2.05, 4.69) is 29.4 Å². The van der Waals surface area contributed by atoms with E-state index in [4.69, 9.17) is 0 Å². The van der Waals surface area contributed by atoms with Gasteiger partial charge >= 0.3 is 0 Å². The summed E-state index contributed by atoms with van der Waals surface area (Å²) in [5.41, 5.74) is 1.78. The monoisotopic (exact) mass is 378 g/mol. The number of anilines is 1. The first-order valence-electron chi connectivity index (χ1n) is 9.43. The van der Waals surface area contributed by atoms with Crippen molar-refractivity contribution in [3.8, 4) is 0 Å². The average Bonchev–Trinajstić information content (AvgIpc) is 3.04. The molecule has 2 N–H and O–H groups in total. The van der Waals surface area contributed by atoms with Crippen LogP contribution in [0, 0.1) is 11.6 Å². The second kappa shape index (κ2) is 6.83. The molecule has 2 amide bonds. The van der Waals surface area contributed by atoms with Crippen molar-refractivity contribution in [1.82, 2.24) is 15.5 Å². The molecule has 0 spiro atoms. The van der Waals surface area contributed by atoms with Gasteiger partial charge in [-0.15, -0.1) is 0 Å². The number of hydrogen-bond acceptors (Lipinski definition) is 5. The summed E-state index contributed by atoms with van der Waals surface area (Å²) < 4.78 is 28.9. The van der Waals surface area contributed by atoms with E-state index in [1.54, 1.807) is 0 Å². The van der Waals surface area contributed by atoms with Crippen LogP contribution in [0.25, 0.3) is 0 Å². The second-order valence-corrected chi connectivity index (χ2v) is 7.78. The minimum Gasteiger partial charge on any atom is -0.363 e. The molecule has 3 aliphatic heterocycles. The zero-order chi connectivity index (χ0) is 19.3. The standard InChI is InChI=1S/C19H24F2N4O2/c1-10-6-22-7-11(2)25(10)16-5-14(20)18(21)13-9-24(8-12(13)16)15-3-4-17(26)23-19(15)27/h5,10-11,15,22H,3-4,6-9H2,1-2H3,(H,23,26,27). The fourth-order valence-electron chi connectivity index (χ4n) is 4.59. The van der Waals surface area contributed by atoms with Crippen molar-refractivity contribution in [3.05, 3.63) is 28.8 Å². The topological polar surface area (TPSA) is 64.7 Å². The lowest BCUT2D eigenvalue weighted by atomic mass is 10.0. The molecule has 8 heteroatoms.